The molecule has 18 heavy (non-hydrogen) atoms. The number of pyridine rings is 1. The van der Waals surface area contributed by atoms with E-state index < -0.39 is 5.60 Å². The first-order chi connectivity index (χ1) is 8.64. The van der Waals surface area contributed by atoms with E-state index in [0.717, 1.165) is 6.42 Å². The third kappa shape index (κ3) is 3.08. The zero-order valence-electron chi connectivity index (χ0n) is 11.0. The Hall–Kier alpha value is -0.960. The zero-order chi connectivity index (χ0) is 13.0. The van der Waals surface area contributed by atoms with Crippen molar-refractivity contribution >= 4 is 0 Å². The summed E-state index contributed by atoms with van der Waals surface area (Å²) in [4.78, 5) is 4.06. The van der Waals surface area contributed by atoms with Gasteiger partial charge in [0, 0.05) is 0 Å². The molecule has 0 amide bonds. The molecule has 0 spiro atoms. The van der Waals surface area contributed by atoms with E-state index in [-0.39, 0.29) is 5.82 Å². The van der Waals surface area contributed by atoms with Crippen molar-refractivity contribution in [3.8, 4) is 0 Å². The molecule has 0 aromatic carbocycles. The summed E-state index contributed by atoms with van der Waals surface area (Å²) in [5, 5.41) is 10.7. The van der Waals surface area contributed by atoms with Crippen molar-refractivity contribution in [1.29, 1.82) is 0 Å². The average molecular weight is 251 g/mol. The van der Waals surface area contributed by atoms with E-state index in [4.69, 9.17) is 0 Å². The minimum atomic E-state index is -0.893. The molecule has 1 saturated carbocycles. The molecule has 100 valence electrons. The summed E-state index contributed by atoms with van der Waals surface area (Å²) < 4.78 is 12.9. The van der Waals surface area contributed by atoms with Gasteiger partial charge in [0.15, 0.2) is 0 Å². The number of halogens is 1. The first-order valence-electron chi connectivity index (χ1n) is 6.98. The van der Waals surface area contributed by atoms with Crippen LogP contribution in [-0.2, 0) is 5.60 Å². The van der Waals surface area contributed by atoms with Gasteiger partial charge in [0.05, 0.1) is 11.9 Å². The predicted octanol–water partition coefficient (Wildman–Crippen LogP) is 3.79. The van der Waals surface area contributed by atoms with E-state index in [1.54, 1.807) is 6.07 Å². The second kappa shape index (κ2) is 5.79. The number of rotatable bonds is 4. The molecule has 1 aliphatic carbocycles. The van der Waals surface area contributed by atoms with Crippen molar-refractivity contribution in [1.82, 2.24) is 4.98 Å². The number of aromatic nitrogens is 1. The van der Waals surface area contributed by atoms with E-state index >= 15 is 0 Å². The zero-order valence-corrected chi connectivity index (χ0v) is 11.0. The fourth-order valence-electron chi connectivity index (χ4n) is 2.95. The van der Waals surface area contributed by atoms with Gasteiger partial charge in [-0.05, 0) is 30.9 Å². The van der Waals surface area contributed by atoms with Crippen LogP contribution in [0.15, 0.2) is 18.3 Å². The minimum Gasteiger partial charge on any atom is -0.384 e. The maximum absolute atomic E-state index is 12.9. The van der Waals surface area contributed by atoms with Gasteiger partial charge in [0.25, 0.3) is 0 Å². The largest absolute Gasteiger partial charge is 0.384 e. The molecule has 0 saturated heterocycles. The molecule has 0 aliphatic heterocycles. The lowest BCUT2D eigenvalue weighted by Crippen LogP contribution is -2.30. The van der Waals surface area contributed by atoms with Gasteiger partial charge in [0.1, 0.15) is 11.4 Å². The van der Waals surface area contributed by atoms with E-state index in [1.165, 1.54) is 44.4 Å². The maximum atomic E-state index is 12.9. The van der Waals surface area contributed by atoms with E-state index in [2.05, 4.69) is 4.98 Å². The quantitative estimate of drug-likeness (QED) is 0.883. The molecule has 1 aromatic rings. The van der Waals surface area contributed by atoms with Crippen LogP contribution in [0.25, 0.3) is 0 Å². The number of hydrogen-bond acceptors (Lipinski definition) is 2. The summed E-state index contributed by atoms with van der Waals surface area (Å²) in [5.74, 6) is 0.227. The van der Waals surface area contributed by atoms with Gasteiger partial charge in [-0.25, -0.2) is 4.39 Å². The highest BCUT2D eigenvalue weighted by Gasteiger charge is 2.32. The summed E-state index contributed by atoms with van der Waals surface area (Å²) in [7, 11) is 0. The highest BCUT2D eigenvalue weighted by molar-refractivity contribution is 5.14. The van der Waals surface area contributed by atoms with Gasteiger partial charge >= 0.3 is 0 Å². The molecule has 2 nitrogen and oxygen atoms in total. The van der Waals surface area contributed by atoms with E-state index in [0.29, 0.717) is 18.0 Å². The second-order valence-corrected chi connectivity index (χ2v) is 5.45. The molecular formula is C15H22FNO. The topological polar surface area (TPSA) is 33.1 Å². The van der Waals surface area contributed by atoms with Crippen LogP contribution in [0.5, 0.6) is 0 Å². The van der Waals surface area contributed by atoms with Crippen LogP contribution in [0, 0.1) is 11.7 Å². The lowest BCUT2D eigenvalue weighted by atomic mass is 9.78. The summed E-state index contributed by atoms with van der Waals surface area (Å²) >= 11 is 0. The molecule has 1 aliphatic rings. The summed E-state index contributed by atoms with van der Waals surface area (Å²) in [5.41, 5.74) is -0.285. The van der Waals surface area contributed by atoms with Crippen LogP contribution in [0.2, 0.25) is 0 Å². The Morgan fingerprint density at radius 2 is 2.06 bits per heavy atom. The number of nitrogens with zero attached hydrogens (tertiary/aromatic N) is 1. The van der Waals surface area contributed by atoms with Crippen molar-refractivity contribution in [3.05, 3.63) is 29.8 Å². The third-order valence-corrected chi connectivity index (χ3v) is 4.14. The highest BCUT2D eigenvalue weighted by Crippen LogP contribution is 2.36. The van der Waals surface area contributed by atoms with Gasteiger partial charge in [-0.1, -0.05) is 39.0 Å². The molecule has 2 rings (SSSR count). The Bertz CT molecular complexity index is 373. The van der Waals surface area contributed by atoms with E-state index in [9.17, 15) is 9.50 Å². The Labute approximate surface area is 108 Å². The van der Waals surface area contributed by atoms with Gasteiger partial charge in [-0.2, -0.15) is 0 Å². The van der Waals surface area contributed by atoms with Gasteiger partial charge < -0.3 is 5.11 Å². The standard InChI is InChI=1S/C15H22FNO/c1-2-15(18,10-12-6-4-3-5-7-12)14-9-8-13(16)11-17-14/h8-9,11-12,18H,2-7,10H2,1H3. The van der Waals surface area contributed by atoms with Crippen LogP contribution in [0.4, 0.5) is 4.39 Å². The molecule has 0 radical (unpaired) electrons. The van der Waals surface area contributed by atoms with Gasteiger partial charge in [-0.3, -0.25) is 4.98 Å². The fraction of sp³-hybridized carbons (Fsp3) is 0.667. The molecule has 1 fully saturated rings. The van der Waals surface area contributed by atoms with E-state index in [1.807, 2.05) is 6.92 Å². The van der Waals surface area contributed by atoms with Crippen LogP contribution in [0.3, 0.4) is 0 Å². The van der Waals surface area contributed by atoms with Crippen LogP contribution >= 0.6 is 0 Å². The molecule has 3 heteroatoms. The summed E-state index contributed by atoms with van der Waals surface area (Å²) in [6, 6.07) is 2.99. The predicted molar refractivity (Wildman–Crippen MR) is 69.6 cm³/mol. The van der Waals surface area contributed by atoms with Crippen molar-refractivity contribution in [2.75, 3.05) is 0 Å². The van der Waals surface area contributed by atoms with Gasteiger partial charge in [-0.15, -0.1) is 0 Å². The monoisotopic (exact) mass is 251 g/mol. The first-order valence-corrected chi connectivity index (χ1v) is 6.98. The molecule has 0 bridgehead atoms. The average Bonchev–Trinajstić information content (AvgIpc) is 2.40. The van der Waals surface area contributed by atoms with Crippen LogP contribution in [0.1, 0.15) is 57.6 Å². The lowest BCUT2D eigenvalue weighted by molar-refractivity contribution is -0.00238. The van der Waals surface area contributed by atoms with Crippen molar-refractivity contribution < 1.29 is 9.50 Å². The molecule has 1 N–H and O–H groups in total. The number of hydrogen-bond donors (Lipinski definition) is 1. The fourth-order valence-corrected chi connectivity index (χ4v) is 2.95. The maximum Gasteiger partial charge on any atom is 0.141 e. The Morgan fingerprint density at radius 3 is 2.61 bits per heavy atom. The highest BCUT2D eigenvalue weighted by atomic mass is 19.1. The Kier molecular flexibility index (Phi) is 4.33. The molecule has 1 atom stereocenters. The molecule has 1 heterocycles. The second-order valence-electron chi connectivity index (χ2n) is 5.45. The molecule has 1 aromatic heterocycles. The van der Waals surface area contributed by atoms with Crippen LogP contribution in [-0.4, -0.2) is 10.1 Å². The molecular weight excluding hydrogens is 229 g/mol. The summed E-state index contributed by atoms with van der Waals surface area (Å²) in [6.45, 7) is 1.97. The SMILES string of the molecule is CCC(O)(CC1CCCCC1)c1ccc(F)cn1. The van der Waals surface area contributed by atoms with Gasteiger partial charge in [0.2, 0.25) is 0 Å². The third-order valence-electron chi connectivity index (χ3n) is 4.14. The van der Waals surface area contributed by atoms with Crippen LogP contribution < -0.4 is 0 Å². The smallest absolute Gasteiger partial charge is 0.141 e. The van der Waals surface area contributed by atoms with Crippen molar-refractivity contribution in [3.63, 3.8) is 0 Å². The van der Waals surface area contributed by atoms with Crippen molar-refractivity contribution in [2.45, 2.75) is 57.5 Å². The Balaban J connectivity index is 2.10. The minimum absolute atomic E-state index is 0.352. The first kappa shape index (κ1) is 13.5. The summed E-state index contributed by atoms with van der Waals surface area (Å²) in [6.07, 6.45) is 8.81. The normalized spacial score (nSPS) is 20.6. The van der Waals surface area contributed by atoms with Crippen molar-refractivity contribution in [2.24, 2.45) is 5.92 Å². The lowest BCUT2D eigenvalue weighted by Gasteiger charge is -2.32. The Morgan fingerprint density at radius 1 is 1.33 bits per heavy atom. The number of aliphatic hydroxyl groups is 1. The molecule has 1 unspecified atom stereocenters.